The second-order valence-electron chi connectivity index (χ2n) is 6.93. The summed E-state index contributed by atoms with van der Waals surface area (Å²) in [6.45, 7) is 5.42. The number of alkyl halides is 3. The van der Waals surface area contributed by atoms with E-state index in [-0.39, 0.29) is 5.75 Å². The topological polar surface area (TPSA) is 90.8 Å². The van der Waals surface area contributed by atoms with Crippen LogP contribution in [0, 0.1) is 0 Å². The number of benzene rings is 2. The number of nitrogens with one attached hydrogen (secondary N) is 2. The first-order valence-electron chi connectivity index (χ1n) is 9.94. The number of carbonyl (C=O) groups is 1. The van der Waals surface area contributed by atoms with Crippen LogP contribution >= 0.6 is 0 Å². The lowest BCUT2D eigenvalue weighted by molar-refractivity contribution is -0.274. The molecule has 0 bridgehead atoms. The molecule has 2 heterocycles. The van der Waals surface area contributed by atoms with Crippen LogP contribution in [0.2, 0.25) is 0 Å². The molecule has 0 saturated carbocycles. The number of anilines is 2. The number of aromatic amines is 1. The molecule has 1 aromatic heterocycles. The maximum atomic E-state index is 12.0. The van der Waals surface area contributed by atoms with Crippen LogP contribution in [-0.4, -0.2) is 55.4 Å². The molecule has 0 spiro atoms. The SMILES string of the molecule is CCNc1ccc2[nH]c(=O)oc2c1.O=CN1CCN(c2ccc(OC(F)(F)F)cc2)CC1. The molecule has 0 aliphatic carbocycles. The zero-order chi connectivity index (χ0) is 23.1. The molecule has 1 saturated heterocycles. The minimum atomic E-state index is -4.67. The molecule has 1 aliphatic heterocycles. The summed E-state index contributed by atoms with van der Waals surface area (Å²) in [6, 6.07) is 11.3. The summed E-state index contributed by atoms with van der Waals surface area (Å²) in [5.41, 5.74) is 3.09. The number of fused-ring (bicyclic) bond motifs is 1. The van der Waals surface area contributed by atoms with Gasteiger partial charge < -0.3 is 24.3 Å². The third-order valence-corrected chi connectivity index (χ3v) is 4.70. The second-order valence-corrected chi connectivity index (χ2v) is 6.93. The van der Waals surface area contributed by atoms with Gasteiger partial charge in [0.05, 0.1) is 5.52 Å². The van der Waals surface area contributed by atoms with E-state index in [1.807, 2.05) is 24.0 Å². The van der Waals surface area contributed by atoms with Gasteiger partial charge in [-0.25, -0.2) is 4.79 Å². The smallest absolute Gasteiger partial charge is 0.408 e. The fraction of sp³-hybridized carbons (Fsp3) is 0.333. The number of nitrogens with zero attached hydrogens (tertiary/aromatic N) is 2. The third kappa shape index (κ3) is 6.43. The number of carbonyl (C=O) groups excluding carboxylic acids is 1. The van der Waals surface area contributed by atoms with Crippen molar-refractivity contribution in [2.45, 2.75) is 13.3 Å². The van der Waals surface area contributed by atoms with Crippen molar-refractivity contribution in [3.63, 3.8) is 0 Å². The van der Waals surface area contributed by atoms with E-state index in [2.05, 4.69) is 15.0 Å². The van der Waals surface area contributed by atoms with E-state index >= 15 is 0 Å². The maximum Gasteiger partial charge on any atom is 0.573 e. The van der Waals surface area contributed by atoms with Gasteiger partial charge >= 0.3 is 12.1 Å². The van der Waals surface area contributed by atoms with Gasteiger partial charge in [0.15, 0.2) is 5.58 Å². The first-order chi connectivity index (χ1) is 15.3. The summed E-state index contributed by atoms with van der Waals surface area (Å²) >= 11 is 0. The summed E-state index contributed by atoms with van der Waals surface area (Å²) in [4.78, 5) is 27.6. The number of rotatable bonds is 5. The lowest BCUT2D eigenvalue weighted by atomic mass is 10.2. The predicted octanol–water partition coefficient (Wildman–Crippen LogP) is 3.42. The zero-order valence-electron chi connectivity index (χ0n) is 17.3. The molecule has 4 rings (SSSR count). The van der Waals surface area contributed by atoms with Gasteiger partial charge in [-0.3, -0.25) is 9.78 Å². The number of H-pyrrole nitrogens is 1. The van der Waals surface area contributed by atoms with E-state index in [9.17, 15) is 22.8 Å². The molecule has 3 aromatic rings. The molecular weight excluding hydrogens is 429 g/mol. The molecule has 0 atom stereocenters. The Labute approximate surface area is 181 Å². The fourth-order valence-corrected chi connectivity index (χ4v) is 3.20. The summed E-state index contributed by atoms with van der Waals surface area (Å²) in [5, 5.41) is 3.13. The number of aromatic nitrogens is 1. The number of amides is 1. The third-order valence-electron chi connectivity index (χ3n) is 4.70. The van der Waals surface area contributed by atoms with Crippen molar-refractivity contribution in [1.82, 2.24) is 9.88 Å². The lowest BCUT2D eigenvalue weighted by Gasteiger charge is -2.34. The Hall–Kier alpha value is -3.63. The highest BCUT2D eigenvalue weighted by molar-refractivity contribution is 5.76. The van der Waals surface area contributed by atoms with Crippen molar-refractivity contribution in [2.24, 2.45) is 0 Å². The van der Waals surface area contributed by atoms with Crippen LogP contribution in [0.5, 0.6) is 5.75 Å². The van der Waals surface area contributed by atoms with Gasteiger partial charge in [-0.2, -0.15) is 0 Å². The van der Waals surface area contributed by atoms with Crippen LogP contribution in [0.3, 0.4) is 0 Å². The second kappa shape index (κ2) is 10.1. The number of hydrogen-bond acceptors (Lipinski definition) is 6. The van der Waals surface area contributed by atoms with Crippen molar-refractivity contribution in [3.8, 4) is 5.75 Å². The monoisotopic (exact) mass is 452 g/mol. The highest BCUT2D eigenvalue weighted by Gasteiger charge is 2.31. The Bertz CT molecular complexity index is 1070. The van der Waals surface area contributed by atoms with Crippen molar-refractivity contribution in [3.05, 3.63) is 53.0 Å². The van der Waals surface area contributed by atoms with Crippen LogP contribution in [0.25, 0.3) is 11.1 Å². The predicted molar refractivity (Wildman–Crippen MR) is 114 cm³/mol. The Kier molecular flexibility index (Phi) is 7.29. The summed E-state index contributed by atoms with van der Waals surface area (Å²) < 4.78 is 44.7. The molecule has 8 nitrogen and oxygen atoms in total. The van der Waals surface area contributed by atoms with Gasteiger partial charge in [-0.1, -0.05) is 0 Å². The summed E-state index contributed by atoms with van der Waals surface area (Å²) in [6.07, 6.45) is -3.87. The van der Waals surface area contributed by atoms with Crippen molar-refractivity contribution in [1.29, 1.82) is 0 Å². The average Bonchev–Trinajstić information content (AvgIpc) is 3.13. The van der Waals surface area contributed by atoms with Crippen molar-refractivity contribution in [2.75, 3.05) is 42.9 Å². The van der Waals surface area contributed by atoms with E-state index in [0.717, 1.165) is 29.8 Å². The van der Waals surface area contributed by atoms with Crippen LogP contribution in [0.1, 0.15) is 6.92 Å². The number of halogens is 3. The van der Waals surface area contributed by atoms with E-state index in [4.69, 9.17) is 4.42 Å². The molecule has 172 valence electrons. The van der Waals surface area contributed by atoms with Crippen LogP contribution in [0.15, 0.2) is 51.7 Å². The Morgan fingerprint density at radius 2 is 1.81 bits per heavy atom. The lowest BCUT2D eigenvalue weighted by Crippen LogP contribution is -2.45. The van der Waals surface area contributed by atoms with Crippen LogP contribution in [0.4, 0.5) is 24.5 Å². The molecule has 11 heteroatoms. The Balaban J connectivity index is 0.000000193. The van der Waals surface area contributed by atoms with Gasteiger partial charge in [0, 0.05) is 50.2 Å². The fourth-order valence-electron chi connectivity index (χ4n) is 3.20. The van der Waals surface area contributed by atoms with Crippen LogP contribution < -0.4 is 20.7 Å². The molecule has 2 aromatic carbocycles. The standard InChI is InChI=1S/C12H13F3N2O2.C9H10N2O2/c13-12(14,15)19-11-3-1-10(2-4-11)17-7-5-16(9-18)6-8-17;1-2-10-6-3-4-7-8(5-6)13-9(12)11-7/h1-4,9H,5-8H2;3-5,10H,2H2,1H3,(H,11,12). The highest BCUT2D eigenvalue weighted by Crippen LogP contribution is 2.25. The highest BCUT2D eigenvalue weighted by atomic mass is 19.4. The first kappa shape index (κ1) is 23.0. The van der Waals surface area contributed by atoms with E-state index in [1.54, 1.807) is 23.1 Å². The number of ether oxygens (including phenoxy) is 1. The quantitative estimate of drug-likeness (QED) is 0.577. The van der Waals surface area contributed by atoms with Gasteiger partial charge in [-0.15, -0.1) is 13.2 Å². The van der Waals surface area contributed by atoms with Gasteiger partial charge in [0.1, 0.15) is 5.75 Å². The summed E-state index contributed by atoms with van der Waals surface area (Å²) in [7, 11) is 0. The van der Waals surface area contributed by atoms with Crippen molar-refractivity contribution >= 4 is 28.9 Å². The zero-order valence-corrected chi connectivity index (χ0v) is 17.3. The number of hydrogen-bond donors (Lipinski definition) is 2. The number of piperazine rings is 1. The normalized spacial score (nSPS) is 14.0. The maximum absolute atomic E-state index is 12.0. The molecule has 1 fully saturated rings. The largest absolute Gasteiger partial charge is 0.573 e. The van der Waals surface area contributed by atoms with Gasteiger partial charge in [-0.05, 0) is 43.3 Å². The molecule has 0 radical (unpaired) electrons. The van der Waals surface area contributed by atoms with Gasteiger partial charge in [0.2, 0.25) is 6.41 Å². The molecule has 0 unspecified atom stereocenters. The first-order valence-corrected chi connectivity index (χ1v) is 9.94. The molecule has 2 N–H and O–H groups in total. The number of oxazole rings is 1. The van der Waals surface area contributed by atoms with E-state index in [0.29, 0.717) is 31.8 Å². The molecular formula is C21H23F3N4O4. The summed E-state index contributed by atoms with van der Waals surface area (Å²) in [5.74, 6) is -0.647. The Morgan fingerprint density at radius 1 is 1.12 bits per heavy atom. The minimum Gasteiger partial charge on any atom is -0.408 e. The van der Waals surface area contributed by atoms with Crippen molar-refractivity contribution < 1.29 is 27.1 Å². The van der Waals surface area contributed by atoms with Gasteiger partial charge in [0.25, 0.3) is 0 Å². The molecule has 1 aliphatic rings. The molecule has 32 heavy (non-hydrogen) atoms. The van der Waals surface area contributed by atoms with Crippen LogP contribution in [-0.2, 0) is 4.79 Å². The average molecular weight is 452 g/mol. The molecule has 1 amide bonds. The Morgan fingerprint density at radius 3 is 2.41 bits per heavy atom. The van der Waals surface area contributed by atoms with E-state index < -0.39 is 12.1 Å². The minimum absolute atomic E-state index is 0.234. The van der Waals surface area contributed by atoms with E-state index in [1.165, 1.54) is 12.1 Å².